The number of aromatic nitrogens is 1. The summed E-state index contributed by atoms with van der Waals surface area (Å²) in [5, 5.41) is 0.988. The van der Waals surface area contributed by atoms with Gasteiger partial charge in [0.1, 0.15) is 10.6 Å². The molecule has 1 aromatic carbocycles. The van der Waals surface area contributed by atoms with E-state index in [4.69, 9.17) is 16.3 Å². The zero-order chi connectivity index (χ0) is 17.4. The van der Waals surface area contributed by atoms with Gasteiger partial charge in [0.2, 0.25) is 0 Å². The van der Waals surface area contributed by atoms with Crippen molar-refractivity contribution in [2.75, 3.05) is 5.75 Å². The van der Waals surface area contributed by atoms with Crippen LogP contribution < -0.4 is 0 Å². The standard InChI is InChI=1S/C16H20ClNO4S/c1-5-8-23(20,21)14-10-11-9-12(17)6-7-13(11)18(14)15(19)22-16(2,3)4/h6-7,9-10H,5,8H2,1-4H3. The Labute approximate surface area is 141 Å². The first-order valence-electron chi connectivity index (χ1n) is 7.32. The summed E-state index contributed by atoms with van der Waals surface area (Å²) in [5.74, 6) is -0.0418. The fraction of sp³-hybridized carbons (Fsp3) is 0.438. The van der Waals surface area contributed by atoms with Crippen LogP contribution in [0.4, 0.5) is 4.79 Å². The summed E-state index contributed by atoms with van der Waals surface area (Å²) < 4.78 is 31.5. The second-order valence-corrected chi connectivity index (χ2v) is 8.81. The maximum absolute atomic E-state index is 12.5. The van der Waals surface area contributed by atoms with E-state index in [1.54, 1.807) is 45.9 Å². The quantitative estimate of drug-likeness (QED) is 0.823. The largest absolute Gasteiger partial charge is 0.443 e. The lowest BCUT2D eigenvalue weighted by Gasteiger charge is -2.20. The number of fused-ring (bicyclic) bond motifs is 1. The first-order chi connectivity index (χ1) is 10.5. The van der Waals surface area contributed by atoms with Crippen LogP contribution >= 0.6 is 11.6 Å². The summed E-state index contributed by atoms with van der Waals surface area (Å²) in [4.78, 5) is 12.5. The predicted molar refractivity (Wildman–Crippen MR) is 90.9 cm³/mol. The normalized spacial score (nSPS) is 12.6. The Bertz CT molecular complexity index is 847. The Morgan fingerprint density at radius 1 is 1.26 bits per heavy atom. The van der Waals surface area contributed by atoms with E-state index >= 15 is 0 Å². The lowest BCUT2D eigenvalue weighted by molar-refractivity contribution is 0.0530. The molecule has 0 spiro atoms. The molecule has 23 heavy (non-hydrogen) atoms. The van der Waals surface area contributed by atoms with Crippen molar-refractivity contribution in [3.05, 3.63) is 29.3 Å². The number of carbonyl (C=O) groups excluding carboxylic acids is 1. The van der Waals surface area contributed by atoms with Crippen molar-refractivity contribution in [3.63, 3.8) is 0 Å². The summed E-state index contributed by atoms with van der Waals surface area (Å²) in [6, 6.07) is 6.33. The molecule has 0 aliphatic carbocycles. The van der Waals surface area contributed by atoms with Crippen LogP contribution in [-0.2, 0) is 14.6 Å². The minimum Gasteiger partial charge on any atom is -0.443 e. The van der Waals surface area contributed by atoms with Gasteiger partial charge in [0, 0.05) is 10.4 Å². The summed E-state index contributed by atoms with van der Waals surface area (Å²) in [7, 11) is -3.60. The lowest BCUT2D eigenvalue weighted by Crippen LogP contribution is -2.29. The van der Waals surface area contributed by atoms with Crippen molar-refractivity contribution in [2.24, 2.45) is 0 Å². The van der Waals surface area contributed by atoms with Crippen molar-refractivity contribution in [2.45, 2.75) is 44.7 Å². The number of hydrogen-bond acceptors (Lipinski definition) is 4. The number of nitrogens with zero attached hydrogens (tertiary/aromatic N) is 1. The Kier molecular flexibility index (Phi) is 4.78. The number of halogens is 1. The molecule has 2 rings (SSSR count). The molecule has 0 atom stereocenters. The van der Waals surface area contributed by atoms with Crippen LogP contribution in [0.2, 0.25) is 5.02 Å². The van der Waals surface area contributed by atoms with E-state index in [-0.39, 0.29) is 10.8 Å². The van der Waals surface area contributed by atoms with Crippen molar-refractivity contribution >= 4 is 38.4 Å². The van der Waals surface area contributed by atoms with Crippen LogP contribution in [0.25, 0.3) is 10.9 Å². The van der Waals surface area contributed by atoms with Gasteiger partial charge in [-0.2, -0.15) is 0 Å². The van der Waals surface area contributed by atoms with E-state index in [0.29, 0.717) is 22.3 Å². The smallest absolute Gasteiger partial charge is 0.420 e. The minimum absolute atomic E-state index is 0.0418. The Hall–Kier alpha value is -1.53. The summed E-state index contributed by atoms with van der Waals surface area (Å²) >= 11 is 5.97. The number of benzene rings is 1. The van der Waals surface area contributed by atoms with E-state index in [9.17, 15) is 13.2 Å². The topological polar surface area (TPSA) is 65.4 Å². The molecule has 0 N–H and O–H groups in total. The van der Waals surface area contributed by atoms with Crippen LogP contribution in [-0.4, -0.2) is 30.4 Å². The maximum Gasteiger partial charge on any atom is 0.420 e. The Morgan fingerprint density at radius 3 is 2.48 bits per heavy atom. The van der Waals surface area contributed by atoms with Gasteiger partial charge in [-0.1, -0.05) is 18.5 Å². The minimum atomic E-state index is -3.60. The molecule has 0 saturated heterocycles. The molecule has 5 nitrogen and oxygen atoms in total. The van der Waals surface area contributed by atoms with E-state index in [1.165, 1.54) is 6.07 Å². The number of rotatable bonds is 3. The SMILES string of the molecule is CCCS(=O)(=O)c1cc2cc(Cl)ccc2n1C(=O)OC(C)(C)C. The van der Waals surface area contributed by atoms with Gasteiger partial charge in [0.25, 0.3) is 0 Å². The van der Waals surface area contributed by atoms with Gasteiger partial charge in [-0.25, -0.2) is 17.8 Å². The highest BCUT2D eigenvalue weighted by Crippen LogP contribution is 2.28. The summed E-state index contributed by atoms with van der Waals surface area (Å²) in [6.07, 6.45) is -0.261. The van der Waals surface area contributed by atoms with E-state index < -0.39 is 21.5 Å². The Balaban J connectivity index is 2.71. The van der Waals surface area contributed by atoms with Crippen LogP contribution in [0.15, 0.2) is 29.3 Å². The zero-order valence-electron chi connectivity index (χ0n) is 13.6. The molecule has 1 aromatic heterocycles. The summed E-state index contributed by atoms with van der Waals surface area (Å²) in [6.45, 7) is 6.96. The average Bonchev–Trinajstić information content (AvgIpc) is 2.75. The molecule has 0 fully saturated rings. The fourth-order valence-corrected chi connectivity index (χ4v) is 3.94. The molecule has 7 heteroatoms. The first kappa shape index (κ1) is 17.8. The highest BCUT2D eigenvalue weighted by Gasteiger charge is 2.27. The molecule has 126 valence electrons. The molecule has 0 saturated carbocycles. The van der Waals surface area contributed by atoms with Crippen molar-refractivity contribution in [1.29, 1.82) is 0 Å². The third-order valence-corrected chi connectivity index (χ3v) is 5.22. The van der Waals surface area contributed by atoms with Crippen LogP contribution in [0, 0.1) is 0 Å². The van der Waals surface area contributed by atoms with Gasteiger partial charge >= 0.3 is 6.09 Å². The zero-order valence-corrected chi connectivity index (χ0v) is 15.2. The Morgan fingerprint density at radius 2 is 1.91 bits per heavy atom. The first-order valence-corrected chi connectivity index (χ1v) is 9.35. The van der Waals surface area contributed by atoms with Crippen LogP contribution in [0.3, 0.4) is 0 Å². The molecule has 2 aromatic rings. The van der Waals surface area contributed by atoms with Crippen LogP contribution in [0.1, 0.15) is 34.1 Å². The molecular weight excluding hydrogens is 338 g/mol. The molecular formula is C16H20ClNO4S. The second-order valence-electron chi connectivity index (χ2n) is 6.32. The number of ether oxygens (including phenoxy) is 1. The van der Waals surface area contributed by atoms with Crippen molar-refractivity contribution in [3.8, 4) is 0 Å². The third kappa shape index (κ3) is 3.87. The highest BCUT2D eigenvalue weighted by atomic mass is 35.5. The van der Waals surface area contributed by atoms with Gasteiger partial charge < -0.3 is 4.74 Å². The van der Waals surface area contributed by atoms with Crippen LogP contribution in [0.5, 0.6) is 0 Å². The van der Waals surface area contributed by atoms with Gasteiger partial charge in [-0.15, -0.1) is 0 Å². The van der Waals surface area contributed by atoms with Gasteiger partial charge in [0.15, 0.2) is 9.84 Å². The lowest BCUT2D eigenvalue weighted by atomic mass is 10.2. The summed E-state index contributed by atoms with van der Waals surface area (Å²) in [5.41, 5.74) is -0.273. The number of hydrogen-bond donors (Lipinski definition) is 0. The highest BCUT2D eigenvalue weighted by molar-refractivity contribution is 7.91. The molecule has 0 radical (unpaired) electrons. The van der Waals surface area contributed by atoms with E-state index in [0.717, 1.165) is 4.57 Å². The van der Waals surface area contributed by atoms with E-state index in [2.05, 4.69) is 0 Å². The monoisotopic (exact) mass is 357 g/mol. The molecule has 0 bridgehead atoms. The maximum atomic E-state index is 12.5. The molecule has 0 aliphatic heterocycles. The molecule has 0 unspecified atom stereocenters. The second kappa shape index (κ2) is 6.17. The third-order valence-electron chi connectivity index (χ3n) is 3.10. The van der Waals surface area contributed by atoms with Gasteiger partial charge in [0.05, 0.1) is 11.3 Å². The molecule has 0 aliphatic rings. The van der Waals surface area contributed by atoms with Gasteiger partial charge in [-0.3, -0.25) is 0 Å². The number of sulfone groups is 1. The molecule has 1 heterocycles. The van der Waals surface area contributed by atoms with Gasteiger partial charge in [-0.05, 0) is 51.5 Å². The molecule has 0 amide bonds. The average molecular weight is 358 g/mol. The predicted octanol–water partition coefficient (Wildman–Crippen LogP) is 4.26. The fourth-order valence-electron chi connectivity index (χ4n) is 2.26. The van der Waals surface area contributed by atoms with Crippen molar-refractivity contribution in [1.82, 2.24) is 4.57 Å². The van der Waals surface area contributed by atoms with E-state index in [1.807, 2.05) is 0 Å². The number of carbonyl (C=O) groups is 1. The van der Waals surface area contributed by atoms with Crippen molar-refractivity contribution < 1.29 is 17.9 Å².